The van der Waals surface area contributed by atoms with Crippen molar-refractivity contribution in [2.24, 2.45) is 0 Å². The summed E-state index contributed by atoms with van der Waals surface area (Å²) in [5.74, 6) is 0. The number of aliphatic hydroxyl groups excluding tert-OH is 1. The third kappa shape index (κ3) is 4.65. The maximum absolute atomic E-state index is 8.91. The summed E-state index contributed by atoms with van der Waals surface area (Å²) in [5, 5.41) is 9.89. The Morgan fingerprint density at radius 2 is 2.06 bits per heavy atom. The van der Waals surface area contributed by atoms with Crippen molar-refractivity contribution in [2.45, 2.75) is 12.3 Å². The molecule has 0 aliphatic heterocycles. The fraction of sp³-hybridized carbons (Fsp3) is 0.500. The van der Waals surface area contributed by atoms with Crippen molar-refractivity contribution in [1.82, 2.24) is 4.90 Å². The van der Waals surface area contributed by atoms with Crippen LogP contribution in [0.4, 0.5) is 0 Å². The number of aliphatic hydroxyl groups is 1. The van der Waals surface area contributed by atoms with Gasteiger partial charge < -0.3 is 5.11 Å². The molecule has 2 nitrogen and oxygen atoms in total. The van der Waals surface area contributed by atoms with Crippen LogP contribution >= 0.6 is 34.8 Å². The van der Waals surface area contributed by atoms with Crippen LogP contribution in [0.25, 0.3) is 0 Å². The van der Waals surface area contributed by atoms with Crippen LogP contribution in [0, 0.1) is 0 Å². The minimum absolute atomic E-state index is 0.131. The molecule has 0 aromatic heterocycles. The van der Waals surface area contributed by atoms with Crippen molar-refractivity contribution in [1.29, 1.82) is 0 Å². The lowest BCUT2D eigenvalue weighted by molar-refractivity contribution is 0.202. The molecule has 17 heavy (non-hydrogen) atoms. The minimum Gasteiger partial charge on any atom is -0.395 e. The topological polar surface area (TPSA) is 23.5 Å². The van der Waals surface area contributed by atoms with Gasteiger partial charge in [-0.05, 0) is 24.2 Å². The van der Waals surface area contributed by atoms with Crippen molar-refractivity contribution >= 4 is 34.8 Å². The Labute approximate surface area is 117 Å². The van der Waals surface area contributed by atoms with Crippen LogP contribution in [-0.2, 0) is 0 Å². The average molecular weight is 297 g/mol. The molecule has 1 atom stereocenters. The van der Waals surface area contributed by atoms with Gasteiger partial charge in [0.25, 0.3) is 0 Å². The third-order valence-electron chi connectivity index (χ3n) is 2.58. The number of halogens is 3. The number of rotatable bonds is 6. The maximum Gasteiger partial charge on any atom is 0.0726 e. The highest BCUT2D eigenvalue weighted by Gasteiger charge is 2.15. The van der Waals surface area contributed by atoms with E-state index in [4.69, 9.17) is 39.9 Å². The largest absolute Gasteiger partial charge is 0.395 e. The Balaban J connectivity index is 2.71. The molecule has 1 rings (SSSR count). The van der Waals surface area contributed by atoms with Gasteiger partial charge in [0.05, 0.1) is 12.0 Å². The first-order valence-corrected chi connectivity index (χ1v) is 6.70. The van der Waals surface area contributed by atoms with E-state index in [9.17, 15) is 0 Å². The second kappa shape index (κ2) is 7.45. The molecule has 0 saturated carbocycles. The number of hydrogen-bond acceptors (Lipinski definition) is 2. The van der Waals surface area contributed by atoms with Gasteiger partial charge in [0.2, 0.25) is 0 Å². The zero-order valence-corrected chi connectivity index (χ0v) is 11.9. The Kier molecular flexibility index (Phi) is 6.60. The van der Waals surface area contributed by atoms with E-state index < -0.39 is 0 Å². The smallest absolute Gasteiger partial charge is 0.0726 e. The Bertz CT molecular complexity index is 360. The van der Waals surface area contributed by atoms with Crippen LogP contribution in [0.15, 0.2) is 18.2 Å². The minimum atomic E-state index is -0.203. The summed E-state index contributed by atoms with van der Waals surface area (Å²) < 4.78 is 0. The number of benzene rings is 1. The van der Waals surface area contributed by atoms with Gasteiger partial charge in [-0.25, -0.2) is 0 Å². The van der Waals surface area contributed by atoms with Gasteiger partial charge in [0, 0.05) is 23.1 Å². The summed E-state index contributed by atoms with van der Waals surface area (Å²) >= 11 is 18.2. The van der Waals surface area contributed by atoms with Crippen molar-refractivity contribution in [3.63, 3.8) is 0 Å². The Morgan fingerprint density at radius 1 is 1.35 bits per heavy atom. The summed E-state index contributed by atoms with van der Waals surface area (Å²) in [7, 11) is 0. The predicted octanol–water partition coefficient (Wildman–Crippen LogP) is 3.59. The Morgan fingerprint density at radius 3 is 2.59 bits per heavy atom. The second-order valence-corrected chi connectivity index (χ2v) is 5.12. The average Bonchev–Trinajstić information content (AvgIpc) is 2.28. The van der Waals surface area contributed by atoms with Gasteiger partial charge in [-0.1, -0.05) is 36.2 Å². The van der Waals surface area contributed by atoms with Crippen molar-refractivity contribution in [3.05, 3.63) is 33.8 Å². The van der Waals surface area contributed by atoms with E-state index in [2.05, 4.69) is 4.90 Å². The van der Waals surface area contributed by atoms with Gasteiger partial charge in [-0.3, -0.25) is 4.90 Å². The molecule has 0 aliphatic rings. The molecule has 0 bridgehead atoms. The molecule has 0 saturated heterocycles. The molecule has 1 unspecified atom stereocenters. The molecule has 5 heteroatoms. The normalized spacial score (nSPS) is 13.1. The molecular weight excluding hydrogens is 280 g/mol. The monoisotopic (exact) mass is 295 g/mol. The van der Waals surface area contributed by atoms with Gasteiger partial charge in [-0.15, -0.1) is 11.6 Å². The van der Waals surface area contributed by atoms with E-state index >= 15 is 0 Å². The van der Waals surface area contributed by atoms with E-state index in [1.54, 1.807) is 12.1 Å². The number of hydrogen-bond donors (Lipinski definition) is 1. The summed E-state index contributed by atoms with van der Waals surface area (Å²) in [4.78, 5) is 2.07. The van der Waals surface area contributed by atoms with Crippen LogP contribution in [0.5, 0.6) is 0 Å². The molecule has 96 valence electrons. The molecule has 1 N–H and O–H groups in total. The van der Waals surface area contributed by atoms with Crippen LogP contribution in [-0.4, -0.2) is 36.2 Å². The van der Waals surface area contributed by atoms with Crippen molar-refractivity contribution in [2.75, 3.05) is 26.2 Å². The lowest BCUT2D eigenvalue weighted by Gasteiger charge is -2.22. The molecule has 0 spiro atoms. The quantitative estimate of drug-likeness (QED) is 0.811. The number of likely N-dealkylation sites (N-methyl/N-ethyl adjacent to an activating group) is 1. The molecule has 0 fully saturated rings. The van der Waals surface area contributed by atoms with Crippen LogP contribution in [0.3, 0.4) is 0 Å². The highest BCUT2D eigenvalue weighted by molar-refractivity contribution is 6.35. The zero-order chi connectivity index (χ0) is 12.8. The highest BCUT2D eigenvalue weighted by atomic mass is 35.5. The fourth-order valence-corrected chi connectivity index (χ4v) is 2.58. The number of nitrogens with zero attached hydrogens (tertiary/aromatic N) is 1. The van der Waals surface area contributed by atoms with Gasteiger partial charge in [-0.2, -0.15) is 0 Å². The maximum atomic E-state index is 8.91. The van der Waals surface area contributed by atoms with Gasteiger partial charge >= 0.3 is 0 Å². The van der Waals surface area contributed by atoms with Gasteiger partial charge in [0.1, 0.15) is 0 Å². The van der Waals surface area contributed by atoms with E-state index in [1.807, 2.05) is 13.0 Å². The molecule has 0 radical (unpaired) electrons. The number of alkyl halides is 1. The molecular formula is C12H16Cl3NO. The van der Waals surface area contributed by atoms with E-state index in [0.717, 1.165) is 12.1 Å². The lowest BCUT2D eigenvalue weighted by Crippen LogP contribution is -2.29. The third-order valence-corrected chi connectivity index (χ3v) is 3.52. The second-order valence-electron chi connectivity index (χ2n) is 3.75. The van der Waals surface area contributed by atoms with Crippen LogP contribution in [0.1, 0.15) is 17.9 Å². The first-order valence-electron chi connectivity index (χ1n) is 5.50. The van der Waals surface area contributed by atoms with Crippen LogP contribution < -0.4 is 0 Å². The summed E-state index contributed by atoms with van der Waals surface area (Å²) in [6, 6.07) is 5.31. The van der Waals surface area contributed by atoms with E-state index in [-0.39, 0.29) is 12.0 Å². The predicted molar refractivity (Wildman–Crippen MR) is 74.3 cm³/mol. The van der Waals surface area contributed by atoms with Crippen molar-refractivity contribution < 1.29 is 5.11 Å². The fourth-order valence-electron chi connectivity index (χ4n) is 1.60. The highest BCUT2D eigenvalue weighted by Crippen LogP contribution is 2.30. The molecule has 1 aromatic carbocycles. The van der Waals surface area contributed by atoms with E-state index in [0.29, 0.717) is 23.1 Å². The van der Waals surface area contributed by atoms with Crippen molar-refractivity contribution in [3.8, 4) is 0 Å². The molecule has 0 heterocycles. The summed E-state index contributed by atoms with van der Waals surface area (Å²) in [6.07, 6.45) is 0. The summed E-state index contributed by atoms with van der Waals surface area (Å²) in [5.41, 5.74) is 0.870. The van der Waals surface area contributed by atoms with Crippen LogP contribution in [0.2, 0.25) is 10.0 Å². The molecule has 0 amide bonds. The molecule has 1 aromatic rings. The SMILES string of the molecule is CCN(CCO)CC(Cl)c1ccc(Cl)cc1Cl. The first-order chi connectivity index (χ1) is 8.08. The Hall–Kier alpha value is 0.01000. The van der Waals surface area contributed by atoms with E-state index in [1.165, 1.54) is 0 Å². The molecule has 0 aliphatic carbocycles. The van der Waals surface area contributed by atoms with Gasteiger partial charge in [0.15, 0.2) is 0 Å². The lowest BCUT2D eigenvalue weighted by atomic mass is 10.1. The zero-order valence-electron chi connectivity index (χ0n) is 9.67. The summed E-state index contributed by atoms with van der Waals surface area (Å²) in [6.45, 7) is 4.27. The standard InChI is InChI=1S/C12H16Cl3NO/c1-2-16(5-6-17)8-12(15)10-4-3-9(13)7-11(10)14/h3-4,7,12,17H,2,5-6,8H2,1H3. The first kappa shape index (κ1) is 15.1.